The Morgan fingerprint density at radius 1 is 1.44 bits per heavy atom. The lowest BCUT2D eigenvalue weighted by Gasteiger charge is -2.09. The first-order valence-electron chi connectivity index (χ1n) is 5.14. The van der Waals surface area contributed by atoms with Gasteiger partial charge in [0.15, 0.2) is 0 Å². The van der Waals surface area contributed by atoms with Crippen molar-refractivity contribution in [3.8, 4) is 5.75 Å². The van der Waals surface area contributed by atoms with E-state index in [1.54, 1.807) is 13.2 Å². The first-order chi connectivity index (χ1) is 7.45. The maximum Gasteiger partial charge on any atom is 0.146 e. The summed E-state index contributed by atoms with van der Waals surface area (Å²) in [5, 5.41) is 0.666. The molecule has 0 heterocycles. The fraction of sp³-hybridized carbons (Fsp3) is 0.417. The van der Waals surface area contributed by atoms with Crippen LogP contribution in [0.5, 0.6) is 5.75 Å². The predicted octanol–water partition coefficient (Wildman–Crippen LogP) is 3.30. The maximum atomic E-state index is 6.00. The summed E-state index contributed by atoms with van der Waals surface area (Å²) >= 11 is 6.00. The fourth-order valence-corrected chi connectivity index (χ4v) is 1.32. The number of rotatable bonds is 3. The van der Waals surface area contributed by atoms with E-state index in [9.17, 15) is 0 Å². The van der Waals surface area contributed by atoms with Gasteiger partial charge in [0.25, 0.3) is 0 Å². The maximum absolute atomic E-state index is 6.00. The van der Waals surface area contributed by atoms with Crippen molar-refractivity contribution in [2.75, 3.05) is 7.11 Å². The number of aliphatic imine (C=N–C) groups is 1. The summed E-state index contributed by atoms with van der Waals surface area (Å²) in [5.41, 5.74) is 7.50. The van der Waals surface area contributed by atoms with Gasteiger partial charge in [-0.3, -0.25) is 0 Å². The Hall–Kier alpha value is -1.22. The van der Waals surface area contributed by atoms with E-state index >= 15 is 0 Å². The molecule has 0 aromatic heterocycles. The number of hydrogen-bond donors (Lipinski definition) is 1. The molecule has 0 aliphatic heterocycles. The molecule has 88 valence electrons. The van der Waals surface area contributed by atoms with Gasteiger partial charge in [0.05, 0.1) is 7.11 Å². The summed E-state index contributed by atoms with van der Waals surface area (Å²) in [5.74, 6) is 1.43. The van der Waals surface area contributed by atoms with Gasteiger partial charge < -0.3 is 10.5 Å². The average molecular weight is 241 g/mol. The monoisotopic (exact) mass is 240 g/mol. The van der Waals surface area contributed by atoms with Crippen LogP contribution < -0.4 is 10.5 Å². The Bertz CT molecular complexity index is 414. The lowest BCUT2D eigenvalue weighted by Crippen LogP contribution is -2.18. The largest absolute Gasteiger partial charge is 0.494 e. The molecule has 0 amide bonds. The molecule has 0 aliphatic rings. The Morgan fingerprint density at radius 3 is 2.56 bits per heavy atom. The highest BCUT2D eigenvalue weighted by molar-refractivity contribution is 6.31. The zero-order valence-electron chi connectivity index (χ0n) is 10.0. The minimum Gasteiger partial charge on any atom is -0.494 e. The van der Waals surface area contributed by atoms with E-state index in [1.807, 2.05) is 26.8 Å². The minimum absolute atomic E-state index is 0.209. The molecule has 0 radical (unpaired) electrons. The van der Waals surface area contributed by atoms with Crippen LogP contribution in [0, 0.1) is 12.8 Å². The molecule has 0 saturated carbocycles. The second kappa shape index (κ2) is 5.21. The standard InChI is InChI=1S/C12H17ClN2O/c1-7(2)12(14)15-10-5-8(3)9(13)6-11(10)16-4/h5-7H,1-4H3,(H2,14,15). The van der Waals surface area contributed by atoms with Crippen LogP contribution in [0.15, 0.2) is 17.1 Å². The van der Waals surface area contributed by atoms with Crippen molar-refractivity contribution in [2.24, 2.45) is 16.6 Å². The highest BCUT2D eigenvalue weighted by Crippen LogP contribution is 2.33. The van der Waals surface area contributed by atoms with Gasteiger partial charge in [0.1, 0.15) is 17.3 Å². The number of methoxy groups -OCH3 is 1. The summed E-state index contributed by atoms with van der Waals surface area (Å²) in [6.45, 7) is 5.91. The van der Waals surface area contributed by atoms with Crippen molar-refractivity contribution in [1.29, 1.82) is 0 Å². The van der Waals surface area contributed by atoms with Crippen LogP contribution in [0.3, 0.4) is 0 Å². The third-order valence-corrected chi connectivity index (χ3v) is 2.71. The highest BCUT2D eigenvalue weighted by Gasteiger charge is 2.08. The number of aryl methyl sites for hydroxylation is 1. The number of benzene rings is 1. The number of ether oxygens (including phenoxy) is 1. The first kappa shape index (κ1) is 12.8. The lowest BCUT2D eigenvalue weighted by molar-refractivity contribution is 0.416. The lowest BCUT2D eigenvalue weighted by atomic mass is 10.2. The van der Waals surface area contributed by atoms with E-state index in [0.29, 0.717) is 16.6 Å². The zero-order chi connectivity index (χ0) is 12.3. The van der Waals surface area contributed by atoms with Crippen LogP contribution in [0.4, 0.5) is 5.69 Å². The van der Waals surface area contributed by atoms with Crippen molar-refractivity contribution in [1.82, 2.24) is 0 Å². The van der Waals surface area contributed by atoms with Crippen molar-refractivity contribution in [3.05, 3.63) is 22.7 Å². The molecular formula is C12H17ClN2O. The fourth-order valence-electron chi connectivity index (χ4n) is 1.17. The van der Waals surface area contributed by atoms with Gasteiger partial charge in [0, 0.05) is 17.0 Å². The molecule has 3 nitrogen and oxygen atoms in total. The third kappa shape index (κ3) is 2.89. The number of nitrogens with two attached hydrogens (primary N) is 1. The molecule has 0 aliphatic carbocycles. The van der Waals surface area contributed by atoms with Gasteiger partial charge in [-0.25, -0.2) is 4.99 Å². The summed E-state index contributed by atoms with van der Waals surface area (Å²) in [6.07, 6.45) is 0. The van der Waals surface area contributed by atoms with Gasteiger partial charge in [-0.2, -0.15) is 0 Å². The third-order valence-electron chi connectivity index (χ3n) is 2.30. The molecule has 1 rings (SSSR count). The highest BCUT2D eigenvalue weighted by atomic mass is 35.5. The molecule has 0 spiro atoms. The molecule has 2 N–H and O–H groups in total. The molecule has 0 unspecified atom stereocenters. The topological polar surface area (TPSA) is 47.6 Å². The summed E-state index contributed by atoms with van der Waals surface area (Å²) < 4.78 is 5.21. The van der Waals surface area contributed by atoms with Crippen molar-refractivity contribution in [3.63, 3.8) is 0 Å². The molecule has 4 heteroatoms. The van der Waals surface area contributed by atoms with Crippen LogP contribution in [-0.4, -0.2) is 12.9 Å². The van der Waals surface area contributed by atoms with E-state index in [0.717, 1.165) is 11.3 Å². The van der Waals surface area contributed by atoms with E-state index in [2.05, 4.69) is 4.99 Å². The second-order valence-corrected chi connectivity index (χ2v) is 4.37. The second-order valence-electron chi connectivity index (χ2n) is 3.96. The Morgan fingerprint density at radius 2 is 2.06 bits per heavy atom. The quantitative estimate of drug-likeness (QED) is 0.651. The summed E-state index contributed by atoms with van der Waals surface area (Å²) in [6, 6.07) is 3.62. The molecule has 16 heavy (non-hydrogen) atoms. The number of nitrogens with zero attached hydrogens (tertiary/aromatic N) is 1. The van der Waals surface area contributed by atoms with Crippen molar-refractivity contribution in [2.45, 2.75) is 20.8 Å². The number of halogens is 1. The van der Waals surface area contributed by atoms with Gasteiger partial charge >= 0.3 is 0 Å². The van der Waals surface area contributed by atoms with Gasteiger partial charge in [-0.1, -0.05) is 25.4 Å². The predicted molar refractivity (Wildman–Crippen MR) is 68.9 cm³/mol. The number of hydrogen-bond acceptors (Lipinski definition) is 2. The van der Waals surface area contributed by atoms with Crippen LogP contribution in [0.2, 0.25) is 5.02 Å². The Labute approximate surface area is 101 Å². The molecule has 0 bridgehead atoms. The van der Waals surface area contributed by atoms with Gasteiger partial charge in [0.2, 0.25) is 0 Å². The number of amidine groups is 1. The SMILES string of the molecule is COc1cc(Cl)c(C)cc1N=C(N)C(C)C. The smallest absolute Gasteiger partial charge is 0.146 e. The van der Waals surface area contributed by atoms with E-state index in [4.69, 9.17) is 22.1 Å². The van der Waals surface area contributed by atoms with Crippen LogP contribution in [-0.2, 0) is 0 Å². The minimum atomic E-state index is 0.209. The van der Waals surface area contributed by atoms with Gasteiger partial charge in [-0.15, -0.1) is 0 Å². The van der Waals surface area contributed by atoms with Crippen LogP contribution >= 0.6 is 11.6 Å². The Balaban J connectivity index is 3.22. The van der Waals surface area contributed by atoms with Crippen molar-refractivity contribution < 1.29 is 4.74 Å². The van der Waals surface area contributed by atoms with Crippen LogP contribution in [0.1, 0.15) is 19.4 Å². The average Bonchev–Trinajstić information content (AvgIpc) is 2.22. The normalized spacial score (nSPS) is 12.0. The molecule has 1 aromatic carbocycles. The summed E-state index contributed by atoms with van der Waals surface area (Å²) in [4.78, 5) is 4.34. The summed E-state index contributed by atoms with van der Waals surface area (Å²) in [7, 11) is 1.59. The molecule has 0 fully saturated rings. The molecule has 0 saturated heterocycles. The Kier molecular flexibility index (Phi) is 4.19. The zero-order valence-corrected chi connectivity index (χ0v) is 10.8. The van der Waals surface area contributed by atoms with Crippen molar-refractivity contribution >= 4 is 23.1 Å². The van der Waals surface area contributed by atoms with Crippen LogP contribution in [0.25, 0.3) is 0 Å². The molecular weight excluding hydrogens is 224 g/mol. The molecule has 1 aromatic rings. The van der Waals surface area contributed by atoms with E-state index in [1.165, 1.54) is 0 Å². The van der Waals surface area contributed by atoms with E-state index < -0.39 is 0 Å². The molecule has 0 atom stereocenters. The van der Waals surface area contributed by atoms with Gasteiger partial charge in [-0.05, 0) is 18.6 Å². The van der Waals surface area contributed by atoms with E-state index in [-0.39, 0.29) is 5.92 Å². The first-order valence-corrected chi connectivity index (χ1v) is 5.51.